The maximum absolute atomic E-state index is 13.5. The predicted octanol–water partition coefficient (Wildman–Crippen LogP) is 4.26. The summed E-state index contributed by atoms with van der Waals surface area (Å²) in [7, 11) is 0. The molecule has 2 aromatic carbocycles. The van der Waals surface area contributed by atoms with E-state index in [9.17, 15) is 9.59 Å². The fourth-order valence-corrected chi connectivity index (χ4v) is 4.98. The molecule has 2 amide bonds. The third-order valence-corrected chi connectivity index (χ3v) is 6.65. The van der Waals surface area contributed by atoms with Gasteiger partial charge < -0.3 is 14.4 Å². The van der Waals surface area contributed by atoms with E-state index in [-0.39, 0.29) is 29.6 Å². The topological polar surface area (TPSA) is 58.4 Å². The summed E-state index contributed by atoms with van der Waals surface area (Å²) < 4.78 is 2.03. The van der Waals surface area contributed by atoms with Crippen LogP contribution >= 0.6 is 11.6 Å². The first-order valence-electron chi connectivity index (χ1n) is 10.8. The maximum Gasteiger partial charge on any atom is 0.232 e. The van der Waals surface area contributed by atoms with E-state index in [2.05, 4.69) is 31.0 Å². The van der Waals surface area contributed by atoms with Gasteiger partial charge >= 0.3 is 0 Å². The van der Waals surface area contributed by atoms with Gasteiger partial charge in [-0.05, 0) is 35.4 Å². The van der Waals surface area contributed by atoms with E-state index in [0.717, 1.165) is 17.9 Å². The Morgan fingerprint density at radius 2 is 2.06 bits per heavy atom. The van der Waals surface area contributed by atoms with E-state index in [0.29, 0.717) is 18.1 Å². The van der Waals surface area contributed by atoms with Crippen LogP contribution in [0, 0.1) is 5.92 Å². The van der Waals surface area contributed by atoms with Crippen molar-refractivity contribution in [2.45, 2.75) is 32.2 Å². The van der Waals surface area contributed by atoms with Gasteiger partial charge in [-0.2, -0.15) is 0 Å². The second kappa shape index (κ2) is 7.78. The lowest BCUT2D eigenvalue weighted by Gasteiger charge is -2.23. The van der Waals surface area contributed by atoms with Crippen molar-refractivity contribution < 1.29 is 9.59 Å². The van der Waals surface area contributed by atoms with Crippen molar-refractivity contribution in [2.75, 3.05) is 22.9 Å². The van der Waals surface area contributed by atoms with Crippen LogP contribution in [0.15, 0.2) is 61.2 Å². The van der Waals surface area contributed by atoms with E-state index in [1.54, 1.807) is 29.6 Å². The highest BCUT2D eigenvalue weighted by atomic mass is 35.5. The Morgan fingerprint density at radius 3 is 2.81 bits per heavy atom. The highest BCUT2D eigenvalue weighted by molar-refractivity contribution is 6.31. The fraction of sp³-hybridized carbons (Fsp3) is 0.320. The quantitative estimate of drug-likeness (QED) is 0.599. The second-order valence-corrected chi connectivity index (χ2v) is 9.72. The Morgan fingerprint density at radius 1 is 1.22 bits per heavy atom. The summed E-state index contributed by atoms with van der Waals surface area (Å²) >= 11 is 6.10. The number of hydrogen-bond acceptors (Lipinski definition) is 3. The maximum atomic E-state index is 13.5. The van der Waals surface area contributed by atoms with Gasteiger partial charge in [0.15, 0.2) is 0 Å². The van der Waals surface area contributed by atoms with Crippen LogP contribution < -0.4 is 9.80 Å². The van der Waals surface area contributed by atoms with Crippen molar-refractivity contribution in [3.8, 4) is 0 Å². The first-order valence-corrected chi connectivity index (χ1v) is 11.2. The molecular formula is C25H25ClN4O2. The Hall–Kier alpha value is -3.12. The van der Waals surface area contributed by atoms with Crippen LogP contribution in [0.1, 0.15) is 31.4 Å². The summed E-state index contributed by atoms with van der Waals surface area (Å²) in [6.07, 6.45) is 5.73. The van der Waals surface area contributed by atoms with Gasteiger partial charge in [0, 0.05) is 60.3 Å². The smallest absolute Gasteiger partial charge is 0.232 e. The minimum Gasteiger partial charge on any atom is -0.333 e. The van der Waals surface area contributed by atoms with E-state index in [4.69, 9.17) is 11.6 Å². The molecule has 164 valence electrons. The minimum atomic E-state index is -0.367. The lowest BCUT2D eigenvalue weighted by atomic mass is 9.86. The zero-order valence-corrected chi connectivity index (χ0v) is 18.9. The molecular weight excluding hydrogens is 424 g/mol. The molecule has 3 heterocycles. The van der Waals surface area contributed by atoms with Crippen LogP contribution in [0.5, 0.6) is 0 Å². The summed E-state index contributed by atoms with van der Waals surface area (Å²) in [6.45, 7) is 6.06. The van der Waals surface area contributed by atoms with Gasteiger partial charge in [-0.15, -0.1) is 0 Å². The number of amides is 2. The molecule has 2 aliphatic heterocycles. The van der Waals surface area contributed by atoms with Gasteiger partial charge in [-0.25, -0.2) is 4.98 Å². The van der Waals surface area contributed by atoms with Gasteiger partial charge in [-0.3, -0.25) is 9.59 Å². The van der Waals surface area contributed by atoms with E-state index < -0.39 is 0 Å². The van der Waals surface area contributed by atoms with Crippen LogP contribution in [0.3, 0.4) is 0 Å². The lowest BCUT2D eigenvalue weighted by molar-refractivity contribution is -0.124. The first kappa shape index (κ1) is 20.8. The number of anilines is 2. The zero-order chi connectivity index (χ0) is 22.5. The number of benzene rings is 2. The Balaban J connectivity index is 1.38. The highest BCUT2D eigenvalue weighted by Crippen LogP contribution is 2.42. The molecule has 0 aliphatic carbocycles. The van der Waals surface area contributed by atoms with Gasteiger partial charge in [-0.1, -0.05) is 43.6 Å². The molecule has 7 heteroatoms. The molecule has 0 spiro atoms. The second-order valence-electron chi connectivity index (χ2n) is 9.28. The van der Waals surface area contributed by atoms with Crippen LogP contribution in [0.25, 0.3) is 0 Å². The van der Waals surface area contributed by atoms with E-state index in [1.807, 2.05) is 33.9 Å². The highest BCUT2D eigenvalue weighted by Gasteiger charge is 2.43. The molecule has 0 radical (unpaired) electrons. The van der Waals surface area contributed by atoms with Crippen LogP contribution in [0.4, 0.5) is 11.4 Å². The van der Waals surface area contributed by atoms with Crippen molar-refractivity contribution in [2.24, 2.45) is 5.92 Å². The molecule has 6 nitrogen and oxygen atoms in total. The van der Waals surface area contributed by atoms with Gasteiger partial charge in [0.25, 0.3) is 0 Å². The van der Waals surface area contributed by atoms with E-state index >= 15 is 0 Å². The van der Waals surface area contributed by atoms with E-state index in [1.165, 1.54) is 11.1 Å². The largest absolute Gasteiger partial charge is 0.333 e. The average Bonchev–Trinajstić information content (AvgIpc) is 3.46. The zero-order valence-electron chi connectivity index (χ0n) is 18.2. The molecule has 5 rings (SSSR count). The Kier molecular flexibility index (Phi) is 5.05. The molecule has 0 N–H and O–H groups in total. The van der Waals surface area contributed by atoms with Crippen molar-refractivity contribution in [1.82, 2.24) is 9.55 Å². The molecule has 3 aromatic rings. The standard InChI is InChI=1S/C25H25ClN4O2/c1-25(2)15-30(22-7-6-17(10-21(22)25)13-28-9-8-27-16-28)24(32)18-11-23(31)29(14-18)20-5-3-4-19(26)12-20/h3-10,12,16,18H,11,13-15H2,1-2H3/t18-/m0/s1. The number of aromatic nitrogens is 2. The summed E-state index contributed by atoms with van der Waals surface area (Å²) in [4.78, 5) is 33.9. The summed E-state index contributed by atoms with van der Waals surface area (Å²) in [5.41, 5.74) is 3.87. The minimum absolute atomic E-state index is 0.0112. The molecule has 1 saturated heterocycles. The number of rotatable bonds is 4. The third-order valence-electron chi connectivity index (χ3n) is 6.42. The molecule has 0 unspecified atom stereocenters. The van der Waals surface area contributed by atoms with Crippen molar-refractivity contribution >= 4 is 34.8 Å². The molecule has 1 aromatic heterocycles. The number of imidazole rings is 1. The lowest BCUT2D eigenvalue weighted by Crippen LogP contribution is -2.39. The van der Waals surface area contributed by atoms with Crippen LogP contribution in [-0.4, -0.2) is 34.5 Å². The molecule has 2 aliphatic rings. The molecule has 0 bridgehead atoms. The van der Waals surface area contributed by atoms with Crippen molar-refractivity contribution in [3.05, 3.63) is 77.3 Å². The number of carbonyl (C=O) groups excluding carboxylic acids is 2. The summed E-state index contributed by atoms with van der Waals surface area (Å²) in [5.74, 6) is -0.397. The van der Waals surface area contributed by atoms with Gasteiger partial charge in [0.1, 0.15) is 0 Å². The Labute approximate surface area is 192 Å². The molecule has 0 saturated carbocycles. The van der Waals surface area contributed by atoms with Crippen LogP contribution in [0.2, 0.25) is 5.02 Å². The van der Waals surface area contributed by atoms with Crippen LogP contribution in [-0.2, 0) is 21.5 Å². The van der Waals surface area contributed by atoms with Crippen molar-refractivity contribution in [3.63, 3.8) is 0 Å². The number of carbonyl (C=O) groups is 2. The summed E-state index contributed by atoms with van der Waals surface area (Å²) in [6, 6.07) is 13.5. The molecule has 32 heavy (non-hydrogen) atoms. The number of nitrogens with zero attached hydrogens (tertiary/aromatic N) is 4. The molecule has 1 fully saturated rings. The number of fused-ring (bicyclic) bond motifs is 1. The summed E-state index contributed by atoms with van der Waals surface area (Å²) in [5, 5.41) is 0.576. The predicted molar refractivity (Wildman–Crippen MR) is 125 cm³/mol. The third kappa shape index (κ3) is 3.69. The monoisotopic (exact) mass is 448 g/mol. The normalized spacial score (nSPS) is 19.5. The SMILES string of the molecule is CC1(C)CN(C(=O)[C@H]2CC(=O)N(c3cccc(Cl)c3)C2)c2ccc(Cn3ccnc3)cc21. The number of hydrogen-bond donors (Lipinski definition) is 0. The fourth-order valence-electron chi connectivity index (χ4n) is 4.80. The van der Waals surface area contributed by atoms with Gasteiger partial charge in [0.2, 0.25) is 11.8 Å². The first-order chi connectivity index (χ1) is 15.3. The van der Waals surface area contributed by atoms with Gasteiger partial charge in [0.05, 0.1) is 12.2 Å². The van der Waals surface area contributed by atoms with Crippen molar-refractivity contribution in [1.29, 1.82) is 0 Å². The Bertz CT molecular complexity index is 1190. The molecule has 1 atom stereocenters. The average molecular weight is 449 g/mol. The number of halogens is 1.